The van der Waals surface area contributed by atoms with Crippen LogP contribution >= 0.6 is 55.5 Å². The molecule has 6 saturated heterocycles. The number of para-hydroxylation sites is 7. The van der Waals surface area contributed by atoms with Gasteiger partial charge in [0.2, 0.25) is 0 Å². The number of likely N-dealkylation sites (N-methyl/N-ethyl adjacent to an activating group) is 1. The predicted octanol–water partition coefficient (Wildman–Crippen LogP) is 18.1. The average Bonchev–Trinajstić information content (AvgIpc) is 0.836. The van der Waals surface area contributed by atoms with Gasteiger partial charge in [-0.3, -0.25) is 0 Å². The van der Waals surface area contributed by atoms with Gasteiger partial charge in [-0.05, 0) is 251 Å². The molecule has 7 aromatic rings. The van der Waals surface area contributed by atoms with Gasteiger partial charge in [0.15, 0.2) is 0 Å². The van der Waals surface area contributed by atoms with Crippen LogP contribution in [0.25, 0.3) is 0 Å². The summed E-state index contributed by atoms with van der Waals surface area (Å²) in [6.07, 6.45) is 10.3. The molecule has 0 bridgehead atoms. The Kier molecular flexibility index (Phi) is 40.1. The van der Waals surface area contributed by atoms with Crippen LogP contribution in [-0.2, 0) is 9.47 Å². The molecule has 0 aliphatic carbocycles. The summed E-state index contributed by atoms with van der Waals surface area (Å²) in [5.74, 6) is 1.65. The van der Waals surface area contributed by atoms with Crippen molar-refractivity contribution in [3.8, 4) is 0 Å². The predicted molar refractivity (Wildman–Crippen MR) is 500 cm³/mol. The summed E-state index contributed by atoms with van der Waals surface area (Å²) >= 11 is 0. The lowest BCUT2D eigenvalue weighted by Gasteiger charge is -2.38. The Morgan fingerprint density at radius 2 is 0.542 bits per heavy atom. The van der Waals surface area contributed by atoms with Crippen LogP contribution in [0.2, 0.25) is 0 Å². The quantitative estimate of drug-likeness (QED) is 0.0984. The molecule has 13 rings (SSSR count). The molecular weight excluding hydrogens is 1440 g/mol. The first kappa shape index (κ1) is 90.2. The van der Waals surface area contributed by atoms with Crippen LogP contribution in [0.3, 0.4) is 0 Å². The fraction of sp³-hybridized carbons (Fsp3) is 0.533. The smallest absolute Gasteiger partial charge is 0.0726 e. The van der Waals surface area contributed by atoms with E-state index in [4.69, 9.17) is 9.47 Å². The molecule has 0 amide bonds. The minimum Gasteiger partial charge on any atom is -0.378 e. The van der Waals surface area contributed by atoms with E-state index in [-0.39, 0.29) is 55.5 Å². The van der Waals surface area contributed by atoms with Gasteiger partial charge >= 0.3 is 0 Å². The van der Waals surface area contributed by atoms with Crippen molar-refractivity contribution < 1.29 is 9.47 Å². The van der Waals surface area contributed by atoms with Gasteiger partial charge < -0.3 is 48.7 Å². The molecule has 6 aliphatic heterocycles. The number of ether oxygens (including phenoxy) is 2. The van der Waals surface area contributed by atoms with Crippen molar-refractivity contribution in [2.45, 2.75) is 84.8 Å². The number of hydrogen-bond acceptors (Lipinski definition) is 10. The van der Waals surface area contributed by atoms with E-state index < -0.39 is 0 Å². The summed E-state index contributed by atoms with van der Waals surface area (Å²) < 4.78 is 11.2. The number of hydrogen-bond donors (Lipinski definition) is 0. The zero-order valence-corrected chi connectivity index (χ0v) is 76.5. The molecule has 6 heterocycles. The number of rotatable bonds is 14. The van der Waals surface area contributed by atoms with E-state index in [2.05, 4.69) is 351 Å². The summed E-state index contributed by atoms with van der Waals surface area (Å²) in [7, 11) is 6.34. The third kappa shape index (κ3) is 29.2. The topological polar surface area (TPSA) is 44.4 Å². The number of morpholine rings is 2. The number of anilines is 7. The van der Waals surface area contributed by atoms with Crippen molar-refractivity contribution in [3.63, 3.8) is 0 Å². The molecule has 4 atom stereocenters. The Bertz CT molecular complexity index is 3350. The van der Waals surface area contributed by atoms with Gasteiger partial charge in [0.1, 0.15) is 0 Å². The molecule has 588 valence electrons. The summed E-state index contributed by atoms with van der Waals surface area (Å²) in [4.78, 5) is 19.8. The van der Waals surface area contributed by atoms with Crippen LogP contribution in [-0.4, -0.2) is 236 Å². The Morgan fingerprint density at radius 3 is 0.832 bits per heavy atom. The van der Waals surface area contributed by atoms with E-state index in [1.54, 1.807) is 21.2 Å². The molecule has 107 heavy (non-hydrogen) atoms. The monoisotopic (exact) mass is 1580 g/mol. The summed E-state index contributed by atoms with van der Waals surface area (Å²) in [6, 6.07) is 62.0. The number of nitrogens with zero attached hydrogens (tertiary/aromatic N) is 8. The van der Waals surface area contributed by atoms with E-state index in [9.17, 15) is 0 Å². The first-order chi connectivity index (χ1) is 51.3. The van der Waals surface area contributed by atoms with Crippen molar-refractivity contribution in [3.05, 3.63) is 170 Å². The molecule has 7 aromatic carbocycles. The maximum absolute atomic E-state index is 5.80. The van der Waals surface area contributed by atoms with Crippen molar-refractivity contribution in [2.75, 3.05) is 254 Å². The lowest BCUT2D eigenvalue weighted by Crippen LogP contribution is -2.46. The zero-order chi connectivity index (χ0) is 77.5. The van der Waals surface area contributed by atoms with Gasteiger partial charge in [-0.15, -0.1) is 0 Å². The molecule has 0 saturated carbocycles. The minimum absolute atomic E-state index is 0.00751. The molecule has 6 fully saturated rings. The van der Waals surface area contributed by atoms with Crippen molar-refractivity contribution in [1.82, 2.24) is 4.90 Å². The Hall–Kier alpha value is -3.97. The summed E-state index contributed by atoms with van der Waals surface area (Å²) in [6.45, 7) is 59.6. The fourth-order valence-corrected chi connectivity index (χ4v) is 22.7. The zero-order valence-electron chi connectivity index (χ0n) is 70.3. The van der Waals surface area contributed by atoms with E-state index in [0.29, 0.717) is 12.2 Å². The molecule has 0 spiro atoms. The van der Waals surface area contributed by atoms with Crippen LogP contribution in [0.4, 0.5) is 39.8 Å². The second-order valence-corrected chi connectivity index (χ2v) is 47.5. The van der Waals surface area contributed by atoms with Crippen molar-refractivity contribution in [2.24, 2.45) is 11.8 Å². The summed E-state index contributed by atoms with van der Waals surface area (Å²) in [5, 5.41) is 10.7. The third-order valence-electron chi connectivity index (χ3n) is 20.6. The molecule has 4 unspecified atom stereocenters. The highest BCUT2D eigenvalue weighted by atomic mass is 31.1. The maximum Gasteiger partial charge on any atom is 0.0726 e. The van der Waals surface area contributed by atoms with E-state index in [1.807, 2.05) is 0 Å². The van der Waals surface area contributed by atoms with Crippen LogP contribution in [0.15, 0.2) is 170 Å². The van der Waals surface area contributed by atoms with Crippen LogP contribution in [0, 0.1) is 11.8 Å². The molecule has 0 N–H and O–H groups in total. The van der Waals surface area contributed by atoms with Gasteiger partial charge in [0.25, 0.3) is 0 Å². The van der Waals surface area contributed by atoms with Crippen LogP contribution in [0.5, 0.6) is 0 Å². The Labute approximate surface area is 662 Å². The minimum atomic E-state index is -0.0522. The van der Waals surface area contributed by atoms with Crippen LogP contribution < -0.4 is 71.4 Å². The van der Waals surface area contributed by atoms with Gasteiger partial charge in [-0.25, -0.2) is 0 Å². The molecule has 10 nitrogen and oxygen atoms in total. The average molecular weight is 1580 g/mol. The SMILES string of the molecule is CC1CC(C)CN(c2ccccc2P(C)C)C1.CC1CN(c2ccccc2P(C)C)CC(C)O1.CN(C)c1ccccc1P(C)C.CN1CCN(c2ccccc2P(C)C)CC1.CP(C)c1ccccc1N1CCCCC1.CP(C)c1ccccc1N1CCCCC1.CP(C)c1ccccc1N1CCOCC1. The number of benzene rings is 7. The molecule has 0 radical (unpaired) electrons. The largest absolute Gasteiger partial charge is 0.378 e. The highest BCUT2D eigenvalue weighted by Gasteiger charge is 2.27. The lowest BCUT2D eigenvalue weighted by molar-refractivity contribution is -0.00516. The van der Waals surface area contributed by atoms with Crippen molar-refractivity contribution >= 4 is 132 Å². The Morgan fingerprint density at radius 1 is 0.290 bits per heavy atom. The first-order valence-corrected chi connectivity index (χ1v) is 55.4. The molecule has 6 aliphatic rings. The standard InChI is InChI=1S/C15H24NP.C14H22NOP.C13H21N2P.2C13H20NP.C12H18NOP.C10H16NP/c1-12-9-13(2)11-16(10-12)14-7-5-6-8-15(14)17(3)4;1-11-9-15(10-12(2)16-11)13-7-5-6-8-14(13)17(3)4;1-14-8-10-15(11-9-14)12-6-4-5-7-13(12)16(2)3;2*1-15(2)13-9-5-4-8-12(13)14-10-6-3-7-11-14;1-15(2)12-6-4-3-5-11(12)13-7-9-14-10-8-13;1-11(2)9-7-5-6-8-10(9)12(3)4/h5-8,12-13H,9-11H2,1-4H3;5-8,11-12H,9-10H2,1-4H3;4-7H,8-11H2,1-3H3;2*4-5,8-9H,3,6-7,10-11H2,1-2H3;3-6H,7-10H2,1-2H3;5-8H,1-4H3. The lowest BCUT2D eigenvalue weighted by atomic mass is 9.91. The van der Waals surface area contributed by atoms with E-state index >= 15 is 0 Å². The maximum atomic E-state index is 5.80. The second-order valence-electron chi connectivity index (χ2n) is 31.6. The highest BCUT2D eigenvalue weighted by molar-refractivity contribution is 7.66. The number of piperidine rings is 3. The normalized spacial score (nSPS) is 19.1. The van der Waals surface area contributed by atoms with Crippen LogP contribution in [0.1, 0.15) is 72.6 Å². The second kappa shape index (κ2) is 47.5. The third-order valence-corrected chi connectivity index (χ3v) is 30.0. The highest BCUT2D eigenvalue weighted by Crippen LogP contribution is 2.37. The Balaban J connectivity index is 0.000000174. The number of piperazine rings is 1. The first-order valence-electron chi connectivity index (χ1n) is 39.8. The van der Waals surface area contributed by atoms with E-state index in [0.717, 1.165) is 64.3 Å². The molecule has 17 heteroatoms. The van der Waals surface area contributed by atoms with Gasteiger partial charge in [-0.1, -0.05) is 197 Å². The van der Waals surface area contributed by atoms with Gasteiger partial charge in [-0.2, -0.15) is 0 Å². The fourth-order valence-electron chi connectivity index (χ4n) is 15.2. The molecular formula is C90H141N8O2P7. The van der Waals surface area contributed by atoms with Crippen molar-refractivity contribution in [1.29, 1.82) is 0 Å². The molecule has 0 aromatic heterocycles. The van der Waals surface area contributed by atoms with Gasteiger partial charge in [0.05, 0.1) is 25.4 Å². The van der Waals surface area contributed by atoms with E-state index in [1.165, 1.54) is 153 Å². The van der Waals surface area contributed by atoms with Gasteiger partial charge in [0, 0.05) is 146 Å². The summed E-state index contributed by atoms with van der Waals surface area (Å²) in [5.41, 5.74) is 10.1.